The molecule has 0 spiro atoms. The van der Waals surface area contributed by atoms with E-state index in [1.54, 1.807) is 0 Å². The zero-order valence-corrected chi connectivity index (χ0v) is 11.4. The van der Waals surface area contributed by atoms with Gasteiger partial charge in [-0.2, -0.15) is 0 Å². The highest BCUT2D eigenvalue weighted by Crippen LogP contribution is 2.29. The Hall–Kier alpha value is -0.380. The van der Waals surface area contributed by atoms with Crippen LogP contribution in [0.2, 0.25) is 0 Å². The standard InChI is InChI=1S/C13H14BrNS/c14-10-4-5-13-12(6-10)9(8-16-13)7-15-11-2-1-3-11/h4-6,8,11,15H,1-3,7H2. The van der Waals surface area contributed by atoms with Gasteiger partial charge in [0.1, 0.15) is 0 Å². The first-order chi connectivity index (χ1) is 7.83. The Kier molecular flexibility index (Phi) is 3.01. The molecule has 1 aliphatic rings. The molecule has 0 unspecified atom stereocenters. The first-order valence-corrected chi connectivity index (χ1v) is 7.39. The molecule has 0 amide bonds. The van der Waals surface area contributed by atoms with Crippen molar-refractivity contribution in [1.29, 1.82) is 0 Å². The molecule has 3 rings (SSSR count). The van der Waals surface area contributed by atoms with Crippen molar-refractivity contribution in [2.75, 3.05) is 0 Å². The number of rotatable bonds is 3. The number of fused-ring (bicyclic) bond motifs is 1. The van der Waals surface area contributed by atoms with Gasteiger partial charge in [0.25, 0.3) is 0 Å². The van der Waals surface area contributed by atoms with Crippen LogP contribution in [0.1, 0.15) is 24.8 Å². The summed E-state index contributed by atoms with van der Waals surface area (Å²) in [6, 6.07) is 7.30. The van der Waals surface area contributed by atoms with E-state index >= 15 is 0 Å². The van der Waals surface area contributed by atoms with Gasteiger partial charge < -0.3 is 5.32 Å². The van der Waals surface area contributed by atoms with Gasteiger partial charge in [-0.3, -0.25) is 0 Å². The Morgan fingerprint density at radius 3 is 3.00 bits per heavy atom. The summed E-state index contributed by atoms with van der Waals surface area (Å²) >= 11 is 5.38. The predicted octanol–water partition coefficient (Wildman–Crippen LogP) is 4.31. The van der Waals surface area contributed by atoms with E-state index < -0.39 is 0 Å². The topological polar surface area (TPSA) is 12.0 Å². The molecule has 1 aromatic heterocycles. The molecule has 16 heavy (non-hydrogen) atoms. The SMILES string of the molecule is Brc1ccc2scc(CNC3CCC3)c2c1. The maximum absolute atomic E-state index is 3.62. The van der Waals surface area contributed by atoms with Gasteiger partial charge in [0.2, 0.25) is 0 Å². The summed E-state index contributed by atoms with van der Waals surface area (Å²) in [7, 11) is 0. The normalized spacial score (nSPS) is 16.6. The third-order valence-corrected chi connectivity index (χ3v) is 4.81. The Labute approximate surface area is 108 Å². The van der Waals surface area contributed by atoms with Crippen LogP contribution >= 0.6 is 27.3 Å². The molecule has 1 heterocycles. The highest BCUT2D eigenvalue weighted by Gasteiger charge is 2.16. The molecule has 2 aromatic rings. The summed E-state index contributed by atoms with van der Waals surface area (Å²) in [5, 5.41) is 7.30. The lowest BCUT2D eigenvalue weighted by atomic mass is 9.93. The number of hydrogen-bond donors (Lipinski definition) is 1. The Bertz CT molecular complexity index is 502. The van der Waals surface area contributed by atoms with Gasteiger partial charge >= 0.3 is 0 Å². The van der Waals surface area contributed by atoms with E-state index in [0.29, 0.717) is 0 Å². The lowest BCUT2D eigenvalue weighted by Crippen LogP contribution is -2.34. The molecule has 1 fully saturated rings. The lowest BCUT2D eigenvalue weighted by molar-refractivity contribution is 0.339. The van der Waals surface area contributed by atoms with Crippen molar-refractivity contribution in [1.82, 2.24) is 5.32 Å². The first-order valence-electron chi connectivity index (χ1n) is 5.72. The summed E-state index contributed by atoms with van der Waals surface area (Å²) in [6.45, 7) is 1.02. The number of hydrogen-bond acceptors (Lipinski definition) is 2. The third-order valence-electron chi connectivity index (χ3n) is 3.30. The smallest absolute Gasteiger partial charge is 0.0346 e. The van der Waals surface area contributed by atoms with Crippen LogP contribution in [-0.4, -0.2) is 6.04 Å². The predicted molar refractivity (Wildman–Crippen MR) is 74.0 cm³/mol. The van der Waals surface area contributed by atoms with Gasteiger partial charge in [-0.25, -0.2) is 0 Å². The molecule has 1 nitrogen and oxygen atoms in total. The van der Waals surface area contributed by atoms with Crippen molar-refractivity contribution in [3.05, 3.63) is 33.6 Å². The third kappa shape index (κ3) is 2.04. The highest BCUT2D eigenvalue weighted by atomic mass is 79.9. The molecule has 0 aliphatic heterocycles. The second-order valence-electron chi connectivity index (χ2n) is 4.41. The van der Waals surface area contributed by atoms with Crippen molar-refractivity contribution in [2.24, 2.45) is 0 Å². The lowest BCUT2D eigenvalue weighted by Gasteiger charge is -2.26. The molecule has 84 valence electrons. The van der Waals surface area contributed by atoms with E-state index in [4.69, 9.17) is 0 Å². The van der Waals surface area contributed by atoms with E-state index in [0.717, 1.165) is 12.6 Å². The summed E-state index contributed by atoms with van der Waals surface area (Å²) in [4.78, 5) is 0. The highest BCUT2D eigenvalue weighted by molar-refractivity contribution is 9.10. The van der Waals surface area contributed by atoms with E-state index in [9.17, 15) is 0 Å². The van der Waals surface area contributed by atoms with Crippen LogP contribution < -0.4 is 5.32 Å². The molecule has 0 atom stereocenters. The van der Waals surface area contributed by atoms with Crippen molar-refractivity contribution < 1.29 is 0 Å². The summed E-state index contributed by atoms with van der Waals surface area (Å²) < 4.78 is 2.55. The molecule has 1 aliphatic carbocycles. The van der Waals surface area contributed by atoms with Gasteiger partial charge in [-0.1, -0.05) is 22.4 Å². The second kappa shape index (κ2) is 4.47. The van der Waals surface area contributed by atoms with Crippen molar-refractivity contribution in [3.8, 4) is 0 Å². The monoisotopic (exact) mass is 295 g/mol. The van der Waals surface area contributed by atoms with E-state index in [1.165, 1.54) is 39.4 Å². The molecule has 1 saturated carbocycles. The van der Waals surface area contributed by atoms with Crippen LogP contribution in [0, 0.1) is 0 Å². The van der Waals surface area contributed by atoms with Gasteiger partial charge in [0.05, 0.1) is 0 Å². The molecule has 1 aromatic carbocycles. The first kappa shape index (κ1) is 10.8. The zero-order valence-electron chi connectivity index (χ0n) is 9.00. The van der Waals surface area contributed by atoms with Crippen LogP contribution in [-0.2, 0) is 6.54 Å². The Morgan fingerprint density at radius 2 is 2.25 bits per heavy atom. The average molecular weight is 296 g/mol. The fourth-order valence-electron chi connectivity index (χ4n) is 2.06. The zero-order chi connectivity index (χ0) is 11.0. The fraction of sp³-hybridized carbons (Fsp3) is 0.385. The van der Waals surface area contributed by atoms with Crippen LogP contribution in [0.4, 0.5) is 0 Å². The Morgan fingerprint density at radius 1 is 1.38 bits per heavy atom. The molecule has 1 N–H and O–H groups in total. The van der Waals surface area contributed by atoms with Crippen molar-refractivity contribution >= 4 is 37.4 Å². The average Bonchev–Trinajstić information content (AvgIpc) is 2.59. The summed E-state index contributed by atoms with van der Waals surface area (Å²) in [5.41, 5.74) is 1.44. The van der Waals surface area contributed by atoms with Crippen LogP contribution in [0.25, 0.3) is 10.1 Å². The minimum absolute atomic E-state index is 0.766. The molecule has 0 bridgehead atoms. The largest absolute Gasteiger partial charge is 0.310 e. The molecular weight excluding hydrogens is 282 g/mol. The number of thiophene rings is 1. The maximum atomic E-state index is 3.62. The van der Waals surface area contributed by atoms with Gasteiger partial charge in [-0.05, 0) is 47.4 Å². The van der Waals surface area contributed by atoms with Crippen LogP contribution in [0.3, 0.4) is 0 Å². The molecule has 3 heteroatoms. The fourth-order valence-corrected chi connectivity index (χ4v) is 3.36. The minimum Gasteiger partial charge on any atom is -0.310 e. The summed E-state index contributed by atoms with van der Waals surface area (Å²) in [6.07, 6.45) is 4.10. The van der Waals surface area contributed by atoms with E-state index in [1.807, 2.05) is 11.3 Å². The van der Waals surface area contributed by atoms with E-state index in [-0.39, 0.29) is 0 Å². The minimum atomic E-state index is 0.766. The van der Waals surface area contributed by atoms with Gasteiger partial charge in [0.15, 0.2) is 0 Å². The quantitative estimate of drug-likeness (QED) is 0.890. The number of nitrogens with one attached hydrogen (secondary N) is 1. The molecule has 0 radical (unpaired) electrons. The second-order valence-corrected chi connectivity index (χ2v) is 6.24. The van der Waals surface area contributed by atoms with Crippen LogP contribution in [0.5, 0.6) is 0 Å². The van der Waals surface area contributed by atoms with Crippen LogP contribution in [0.15, 0.2) is 28.1 Å². The molecular formula is C13H14BrNS. The maximum Gasteiger partial charge on any atom is 0.0346 e. The number of halogens is 1. The number of benzene rings is 1. The van der Waals surface area contributed by atoms with Crippen molar-refractivity contribution in [2.45, 2.75) is 31.8 Å². The van der Waals surface area contributed by atoms with Gasteiger partial charge in [-0.15, -0.1) is 11.3 Å². The van der Waals surface area contributed by atoms with Crippen molar-refractivity contribution in [3.63, 3.8) is 0 Å². The molecule has 0 saturated heterocycles. The van der Waals surface area contributed by atoms with Gasteiger partial charge in [0, 0.05) is 21.8 Å². The Balaban J connectivity index is 1.82. The van der Waals surface area contributed by atoms with E-state index in [2.05, 4.69) is 44.8 Å². The summed E-state index contributed by atoms with van der Waals surface area (Å²) in [5.74, 6) is 0.